The third-order valence-electron chi connectivity index (χ3n) is 4.59. The first kappa shape index (κ1) is 16.3. The summed E-state index contributed by atoms with van der Waals surface area (Å²) in [6.45, 7) is 2.96. The average Bonchev–Trinajstić information content (AvgIpc) is 2.44. The molecule has 4 heteroatoms. The van der Waals surface area contributed by atoms with E-state index in [0.717, 1.165) is 15.4 Å². The molecule has 0 spiro atoms. The Bertz CT molecular complexity index is 444. The van der Waals surface area contributed by atoms with Gasteiger partial charge in [0.1, 0.15) is 0 Å². The largest absolute Gasteiger partial charge is 0.329 e. The molecule has 1 aliphatic rings. The van der Waals surface area contributed by atoms with E-state index in [1.807, 2.05) is 18.2 Å². The average molecular weight is 360 g/mol. The van der Waals surface area contributed by atoms with Gasteiger partial charge in [0.25, 0.3) is 0 Å². The highest BCUT2D eigenvalue weighted by Crippen LogP contribution is 2.34. The predicted molar refractivity (Wildman–Crippen MR) is 90.1 cm³/mol. The highest BCUT2D eigenvalue weighted by atomic mass is 79.9. The lowest BCUT2D eigenvalue weighted by Gasteiger charge is -2.38. The molecular weight excluding hydrogens is 336 g/mol. The Morgan fingerprint density at radius 1 is 1.35 bits per heavy atom. The number of hydrogen-bond donors (Lipinski definition) is 1. The van der Waals surface area contributed by atoms with Gasteiger partial charge in [-0.1, -0.05) is 34.5 Å². The maximum Gasteiger partial charge on any atom is 0.0482 e. The van der Waals surface area contributed by atoms with Crippen LogP contribution in [-0.2, 0) is 0 Å². The lowest BCUT2D eigenvalue weighted by molar-refractivity contribution is 0.126. The van der Waals surface area contributed by atoms with Crippen LogP contribution < -0.4 is 5.73 Å². The van der Waals surface area contributed by atoms with Gasteiger partial charge in [0, 0.05) is 28.1 Å². The van der Waals surface area contributed by atoms with E-state index in [1.54, 1.807) is 0 Å². The molecule has 0 amide bonds. The maximum absolute atomic E-state index is 6.15. The van der Waals surface area contributed by atoms with Crippen LogP contribution in [0.3, 0.4) is 0 Å². The molecular formula is C16H24BrClN2. The summed E-state index contributed by atoms with van der Waals surface area (Å²) in [7, 11) is 2.20. The van der Waals surface area contributed by atoms with E-state index < -0.39 is 0 Å². The van der Waals surface area contributed by atoms with Crippen molar-refractivity contribution in [3.63, 3.8) is 0 Å². The standard InChI is InChI=1S/C16H24BrClN2/c1-11-3-6-13(7-4-11)20(2)16(10-19)14-9-12(18)5-8-15(14)17/h5,8-9,11,13,16H,3-4,6-7,10,19H2,1-2H3. The number of nitrogens with zero attached hydrogens (tertiary/aromatic N) is 1. The first-order chi connectivity index (χ1) is 9.52. The van der Waals surface area contributed by atoms with Crippen LogP contribution in [0.2, 0.25) is 5.02 Å². The Balaban J connectivity index is 2.16. The fourth-order valence-corrected chi connectivity index (χ4v) is 3.88. The number of halogens is 2. The summed E-state index contributed by atoms with van der Waals surface area (Å²) in [6.07, 6.45) is 5.19. The summed E-state index contributed by atoms with van der Waals surface area (Å²) in [5.41, 5.74) is 7.25. The summed E-state index contributed by atoms with van der Waals surface area (Å²) in [5.74, 6) is 0.869. The second-order valence-electron chi connectivity index (χ2n) is 6.00. The molecule has 1 aromatic carbocycles. The van der Waals surface area contributed by atoms with Gasteiger partial charge in [-0.15, -0.1) is 0 Å². The summed E-state index contributed by atoms with van der Waals surface area (Å²) in [6, 6.07) is 6.81. The van der Waals surface area contributed by atoms with E-state index in [4.69, 9.17) is 17.3 Å². The predicted octanol–water partition coefficient (Wildman–Crippen LogP) is 4.61. The third-order valence-corrected chi connectivity index (χ3v) is 5.55. The van der Waals surface area contributed by atoms with E-state index in [2.05, 4.69) is 34.8 Å². The Morgan fingerprint density at radius 2 is 2.00 bits per heavy atom. The second-order valence-corrected chi connectivity index (χ2v) is 7.29. The monoisotopic (exact) mass is 358 g/mol. The molecule has 1 fully saturated rings. The fourth-order valence-electron chi connectivity index (χ4n) is 3.19. The molecule has 0 aromatic heterocycles. The molecule has 2 rings (SSSR count). The summed E-state index contributed by atoms with van der Waals surface area (Å²) in [5, 5.41) is 0.771. The highest BCUT2D eigenvalue weighted by Gasteiger charge is 2.27. The molecule has 1 aliphatic carbocycles. The van der Waals surface area contributed by atoms with Crippen molar-refractivity contribution in [3.8, 4) is 0 Å². The summed E-state index contributed by atoms with van der Waals surface area (Å²) < 4.78 is 1.09. The van der Waals surface area contributed by atoms with Crippen LogP contribution in [-0.4, -0.2) is 24.5 Å². The first-order valence-corrected chi connectivity index (χ1v) is 8.57. The molecule has 0 bridgehead atoms. The van der Waals surface area contributed by atoms with Crippen LogP contribution in [0, 0.1) is 5.92 Å². The molecule has 2 nitrogen and oxygen atoms in total. The van der Waals surface area contributed by atoms with E-state index in [-0.39, 0.29) is 6.04 Å². The van der Waals surface area contributed by atoms with Gasteiger partial charge >= 0.3 is 0 Å². The second kappa shape index (κ2) is 7.26. The van der Waals surface area contributed by atoms with Gasteiger partial charge in [-0.2, -0.15) is 0 Å². The summed E-state index contributed by atoms with van der Waals surface area (Å²) >= 11 is 9.78. The van der Waals surface area contributed by atoms with Crippen molar-refractivity contribution in [3.05, 3.63) is 33.3 Å². The van der Waals surface area contributed by atoms with Crippen molar-refractivity contribution in [2.24, 2.45) is 11.7 Å². The minimum Gasteiger partial charge on any atom is -0.329 e. The van der Waals surface area contributed by atoms with Gasteiger partial charge in [0.2, 0.25) is 0 Å². The lowest BCUT2D eigenvalue weighted by atomic mass is 9.86. The van der Waals surface area contributed by atoms with Crippen molar-refractivity contribution in [2.75, 3.05) is 13.6 Å². The molecule has 2 N–H and O–H groups in total. The molecule has 0 aliphatic heterocycles. The van der Waals surface area contributed by atoms with Gasteiger partial charge in [-0.3, -0.25) is 4.90 Å². The molecule has 20 heavy (non-hydrogen) atoms. The van der Waals surface area contributed by atoms with Crippen molar-refractivity contribution in [1.29, 1.82) is 0 Å². The SMILES string of the molecule is CC1CCC(N(C)C(CN)c2cc(Cl)ccc2Br)CC1. The molecule has 1 aromatic rings. The van der Waals surface area contributed by atoms with Crippen molar-refractivity contribution < 1.29 is 0 Å². The number of benzene rings is 1. The molecule has 0 radical (unpaired) electrons. The highest BCUT2D eigenvalue weighted by molar-refractivity contribution is 9.10. The van der Waals surface area contributed by atoms with E-state index in [1.165, 1.54) is 31.2 Å². The molecule has 1 saturated carbocycles. The van der Waals surface area contributed by atoms with Crippen LogP contribution in [0.1, 0.15) is 44.2 Å². The number of nitrogens with two attached hydrogens (primary N) is 1. The lowest BCUT2D eigenvalue weighted by Crippen LogP contribution is -2.40. The van der Waals surface area contributed by atoms with Gasteiger partial charge in [0.15, 0.2) is 0 Å². The van der Waals surface area contributed by atoms with E-state index >= 15 is 0 Å². The van der Waals surface area contributed by atoms with Crippen LogP contribution in [0.15, 0.2) is 22.7 Å². The number of hydrogen-bond acceptors (Lipinski definition) is 2. The smallest absolute Gasteiger partial charge is 0.0482 e. The Kier molecular flexibility index (Phi) is 5.91. The van der Waals surface area contributed by atoms with Crippen LogP contribution >= 0.6 is 27.5 Å². The minimum absolute atomic E-state index is 0.224. The summed E-state index contributed by atoms with van der Waals surface area (Å²) in [4.78, 5) is 2.45. The number of likely N-dealkylation sites (N-methyl/N-ethyl adjacent to an activating group) is 1. The topological polar surface area (TPSA) is 29.3 Å². The molecule has 0 heterocycles. The maximum atomic E-state index is 6.15. The molecule has 112 valence electrons. The van der Waals surface area contributed by atoms with Crippen LogP contribution in [0.5, 0.6) is 0 Å². The van der Waals surface area contributed by atoms with Crippen LogP contribution in [0.25, 0.3) is 0 Å². The normalized spacial score (nSPS) is 24.9. The Labute approximate surface area is 135 Å². The molecule has 0 saturated heterocycles. The van der Waals surface area contributed by atoms with Crippen molar-refractivity contribution in [1.82, 2.24) is 4.90 Å². The third kappa shape index (κ3) is 3.76. The number of rotatable bonds is 4. The van der Waals surface area contributed by atoms with E-state index in [9.17, 15) is 0 Å². The first-order valence-electron chi connectivity index (χ1n) is 7.40. The quantitative estimate of drug-likeness (QED) is 0.850. The van der Waals surface area contributed by atoms with Crippen molar-refractivity contribution >= 4 is 27.5 Å². The zero-order chi connectivity index (χ0) is 14.7. The van der Waals surface area contributed by atoms with Gasteiger partial charge in [-0.05, 0) is 62.4 Å². The Hall–Kier alpha value is -0.0900. The zero-order valence-corrected chi connectivity index (χ0v) is 14.6. The fraction of sp³-hybridized carbons (Fsp3) is 0.625. The molecule has 1 unspecified atom stereocenters. The van der Waals surface area contributed by atoms with Crippen molar-refractivity contribution in [2.45, 2.75) is 44.7 Å². The molecule has 1 atom stereocenters. The van der Waals surface area contributed by atoms with Gasteiger partial charge in [-0.25, -0.2) is 0 Å². The van der Waals surface area contributed by atoms with Gasteiger partial charge in [0.05, 0.1) is 0 Å². The minimum atomic E-state index is 0.224. The van der Waals surface area contributed by atoms with Gasteiger partial charge < -0.3 is 5.73 Å². The van der Waals surface area contributed by atoms with Crippen LogP contribution in [0.4, 0.5) is 0 Å². The Morgan fingerprint density at radius 3 is 2.60 bits per heavy atom. The van der Waals surface area contributed by atoms with E-state index in [0.29, 0.717) is 12.6 Å². The zero-order valence-electron chi connectivity index (χ0n) is 12.3.